The van der Waals surface area contributed by atoms with Crippen molar-refractivity contribution >= 4 is 22.9 Å². The highest BCUT2D eigenvalue weighted by Gasteiger charge is 2.15. The number of nitrogen functional groups attached to an aromatic ring is 1. The van der Waals surface area contributed by atoms with Crippen LogP contribution in [-0.4, -0.2) is 41.0 Å². The van der Waals surface area contributed by atoms with E-state index in [1.807, 2.05) is 24.3 Å². The minimum Gasteiger partial charge on any atom is -0.399 e. The Morgan fingerprint density at radius 3 is 2.62 bits per heavy atom. The van der Waals surface area contributed by atoms with Gasteiger partial charge in [0.25, 0.3) is 5.91 Å². The maximum Gasteiger partial charge on any atom is 0.263 e. The summed E-state index contributed by atoms with van der Waals surface area (Å²) in [4.78, 5) is 19.6. The van der Waals surface area contributed by atoms with Crippen LogP contribution in [0, 0.1) is 0 Å². The second-order valence-corrected chi connectivity index (χ2v) is 7.37. The molecule has 1 heterocycles. The van der Waals surface area contributed by atoms with Crippen LogP contribution in [0.3, 0.4) is 0 Å². The molecular formula is C18H26N4OS. The van der Waals surface area contributed by atoms with Gasteiger partial charge in [-0.3, -0.25) is 9.69 Å². The van der Waals surface area contributed by atoms with Gasteiger partial charge in [-0.1, -0.05) is 12.1 Å². The monoisotopic (exact) mass is 346 g/mol. The zero-order valence-corrected chi connectivity index (χ0v) is 15.6. The predicted molar refractivity (Wildman–Crippen MR) is 101 cm³/mol. The van der Waals surface area contributed by atoms with Crippen LogP contribution >= 0.6 is 11.3 Å². The number of aromatic nitrogens is 1. The number of hydrogen-bond donors (Lipinski definition) is 2. The van der Waals surface area contributed by atoms with Gasteiger partial charge in [0.15, 0.2) is 0 Å². The Morgan fingerprint density at radius 1 is 1.29 bits per heavy atom. The molecule has 2 rings (SSSR count). The number of hydrogen-bond acceptors (Lipinski definition) is 5. The van der Waals surface area contributed by atoms with Gasteiger partial charge in [0.2, 0.25) is 0 Å². The third-order valence-electron chi connectivity index (χ3n) is 3.85. The number of nitrogens with one attached hydrogen (secondary N) is 1. The van der Waals surface area contributed by atoms with Crippen LogP contribution in [0.1, 0.15) is 37.4 Å². The van der Waals surface area contributed by atoms with Crippen LogP contribution < -0.4 is 11.1 Å². The van der Waals surface area contributed by atoms with Crippen molar-refractivity contribution in [2.45, 2.75) is 39.8 Å². The van der Waals surface area contributed by atoms with Crippen LogP contribution in [0.5, 0.6) is 0 Å². The van der Waals surface area contributed by atoms with Gasteiger partial charge in [0.1, 0.15) is 9.88 Å². The zero-order chi connectivity index (χ0) is 17.7. The molecule has 24 heavy (non-hydrogen) atoms. The molecule has 1 aromatic carbocycles. The zero-order valence-electron chi connectivity index (χ0n) is 14.7. The molecule has 0 aliphatic carbocycles. The Labute approximate surface area is 147 Å². The van der Waals surface area contributed by atoms with E-state index in [9.17, 15) is 4.79 Å². The molecule has 2 aromatic rings. The molecule has 0 atom stereocenters. The molecule has 6 heteroatoms. The van der Waals surface area contributed by atoms with Gasteiger partial charge in [0.05, 0.1) is 6.20 Å². The van der Waals surface area contributed by atoms with Gasteiger partial charge in [0, 0.05) is 36.4 Å². The van der Waals surface area contributed by atoms with Crippen molar-refractivity contribution in [3.63, 3.8) is 0 Å². The van der Waals surface area contributed by atoms with E-state index < -0.39 is 0 Å². The van der Waals surface area contributed by atoms with Gasteiger partial charge in [-0.05, 0) is 39.8 Å². The Morgan fingerprint density at radius 2 is 2.00 bits per heavy atom. The second-order valence-electron chi connectivity index (χ2n) is 6.34. The molecule has 1 amide bonds. The third kappa shape index (κ3) is 4.79. The number of benzene rings is 1. The minimum absolute atomic E-state index is 0.0740. The van der Waals surface area contributed by atoms with E-state index in [4.69, 9.17) is 5.73 Å². The lowest BCUT2D eigenvalue weighted by molar-refractivity contribution is 0.0943. The first-order valence-corrected chi connectivity index (χ1v) is 9.05. The normalized spacial score (nSPS) is 11.5. The van der Waals surface area contributed by atoms with E-state index in [0.29, 0.717) is 29.2 Å². The molecule has 0 bridgehead atoms. The molecule has 0 aliphatic rings. The number of rotatable bonds is 7. The number of thiazole rings is 1. The van der Waals surface area contributed by atoms with Gasteiger partial charge in [-0.2, -0.15) is 0 Å². The minimum atomic E-state index is -0.0740. The van der Waals surface area contributed by atoms with Crippen LogP contribution in [-0.2, 0) is 0 Å². The fourth-order valence-corrected chi connectivity index (χ4v) is 3.51. The molecule has 3 N–H and O–H groups in total. The van der Waals surface area contributed by atoms with Gasteiger partial charge < -0.3 is 11.1 Å². The summed E-state index contributed by atoms with van der Waals surface area (Å²) in [7, 11) is 0. The first kappa shape index (κ1) is 18.4. The summed E-state index contributed by atoms with van der Waals surface area (Å²) in [5.74, 6) is -0.0740. The second kappa shape index (κ2) is 8.26. The molecule has 0 unspecified atom stereocenters. The molecule has 1 aromatic heterocycles. The summed E-state index contributed by atoms with van der Waals surface area (Å²) >= 11 is 1.38. The molecule has 0 saturated carbocycles. The Bertz CT molecular complexity index is 673. The number of nitrogens with zero attached hydrogens (tertiary/aromatic N) is 2. The van der Waals surface area contributed by atoms with Gasteiger partial charge in [-0.15, -0.1) is 11.3 Å². The van der Waals surface area contributed by atoms with Crippen molar-refractivity contribution in [1.29, 1.82) is 0 Å². The summed E-state index contributed by atoms with van der Waals surface area (Å²) in [6.07, 6.45) is 1.63. The van der Waals surface area contributed by atoms with E-state index in [-0.39, 0.29) is 5.91 Å². The van der Waals surface area contributed by atoms with E-state index in [1.54, 1.807) is 6.20 Å². The number of carbonyl (C=O) groups is 1. The first-order chi connectivity index (χ1) is 11.4. The Kier molecular flexibility index (Phi) is 6.34. The maximum absolute atomic E-state index is 12.3. The summed E-state index contributed by atoms with van der Waals surface area (Å²) in [5.41, 5.74) is 7.42. The van der Waals surface area contributed by atoms with E-state index in [2.05, 4.69) is 42.9 Å². The first-order valence-electron chi connectivity index (χ1n) is 8.24. The highest BCUT2D eigenvalue weighted by atomic mass is 32.1. The van der Waals surface area contributed by atoms with Crippen molar-refractivity contribution in [2.24, 2.45) is 0 Å². The Hall–Kier alpha value is -1.92. The average Bonchev–Trinajstić information content (AvgIpc) is 3.00. The quantitative estimate of drug-likeness (QED) is 0.755. The lowest BCUT2D eigenvalue weighted by atomic mass is 10.2. The maximum atomic E-state index is 12.3. The Balaban J connectivity index is 1.94. The van der Waals surface area contributed by atoms with Crippen molar-refractivity contribution in [2.75, 3.05) is 18.8 Å². The number of amides is 1. The van der Waals surface area contributed by atoms with Crippen LogP contribution in [0.2, 0.25) is 0 Å². The van der Waals surface area contributed by atoms with Gasteiger partial charge >= 0.3 is 0 Å². The summed E-state index contributed by atoms with van der Waals surface area (Å²) in [6.45, 7) is 10.1. The summed E-state index contributed by atoms with van der Waals surface area (Å²) in [5, 5.41) is 3.78. The highest BCUT2D eigenvalue weighted by molar-refractivity contribution is 7.16. The van der Waals surface area contributed by atoms with E-state index in [0.717, 1.165) is 17.1 Å². The average molecular weight is 347 g/mol. The van der Waals surface area contributed by atoms with Crippen molar-refractivity contribution in [3.05, 3.63) is 35.3 Å². The molecule has 0 aliphatic heterocycles. The largest absolute Gasteiger partial charge is 0.399 e. The van der Waals surface area contributed by atoms with Crippen LogP contribution in [0.25, 0.3) is 10.6 Å². The number of nitrogens with two attached hydrogens (primary N) is 1. The molecule has 0 radical (unpaired) electrons. The number of anilines is 1. The molecule has 130 valence electrons. The van der Waals surface area contributed by atoms with Crippen molar-refractivity contribution in [3.8, 4) is 10.6 Å². The van der Waals surface area contributed by atoms with E-state index in [1.165, 1.54) is 11.3 Å². The molecule has 0 saturated heterocycles. The number of carbonyl (C=O) groups excluding carboxylic acids is 1. The lowest BCUT2D eigenvalue weighted by Crippen LogP contribution is -2.42. The molecule has 5 nitrogen and oxygen atoms in total. The summed E-state index contributed by atoms with van der Waals surface area (Å²) < 4.78 is 0. The SMILES string of the molecule is CC(C)N(CCNC(=O)c1cnc(-c2cccc(N)c2)s1)C(C)C. The smallest absolute Gasteiger partial charge is 0.263 e. The highest BCUT2D eigenvalue weighted by Crippen LogP contribution is 2.26. The fourth-order valence-electron chi connectivity index (χ4n) is 2.68. The third-order valence-corrected chi connectivity index (χ3v) is 4.89. The topological polar surface area (TPSA) is 71.2 Å². The van der Waals surface area contributed by atoms with Crippen LogP contribution in [0.4, 0.5) is 5.69 Å². The van der Waals surface area contributed by atoms with Gasteiger partial charge in [-0.25, -0.2) is 4.98 Å². The molecular weight excluding hydrogens is 320 g/mol. The van der Waals surface area contributed by atoms with Crippen molar-refractivity contribution in [1.82, 2.24) is 15.2 Å². The molecule has 0 fully saturated rings. The standard InChI is InChI=1S/C18H26N4OS/c1-12(2)22(13(3)4)9-8-20-17(23)16-11-21-18(24-16)14-6-5-7-15(19)10-14/h5-7,10-13H,8-9,19H2,1-4H3,(H,20,23). The fraction of sp³-hybridized carbons (Fsp3) is 0.444. The van der Waals surface area contributed by atoms with Crippen LogP contribution in [0.15, 0.2) is 30.5 Å². The summed E-state index contributed by atoms with van der Waals surface area (Å²) in [6, 6.07) is 8.45. The predicted octanol–water partition coefficient (Wildman–Crippen LogP) is 3.24. The lowest BCUT2D eigenvalue weighted by Gasteiger charge is -2.30. The molecule has 0 spiro atoms. The van der Waals surface area contributed by atoms with E-state index >= 15 is 0 Å². The van der Waals surface area contributed by atoms with Crippen molar-refractivity contribution < 1.29 is 4.79 Å².